The summed E-state index contributed by atoms with van der Waals surface area (Å²) in [4.78, 5) is 19.5. The number of likely N-dealkylation sites (tertiary alicyclic amines) is 1. The summed E-state index contributed by atoms with van der Waals surface area (Å²) in [5, 5.41) is 12.7. The van der Waals surface area contributed by atoms with Gasteiger partial charge in [-0.05, 0) is 19.9 Å². The maximum atomic E-state index is 12.8. The van der Waals surface area contributed by atoms with E-state index >= 15 is 0 Å². The van der Waals surface area contributed by atoms with Crippen LogP contribution in [0.15, 0.2) is 16.5 Å². The molecule has 0 aromatic carbocycles. The first-order chi connectivity index (χ1) is 14.0. The Morgan fingerprint density at radius 1 is 1.31 bits per heavy atom. The number of aromatic nitrogens is 2. The Bertz CT molecular complexity index is 922. The normalized spacial score (nSPS) is 16.7. The number of ether oxygens (including phenoxy) is 2. The van der Waals surface area contributed by atoms with Crippen molar-refractivity contribution in [3.63, 3.8) is 0 Å². The second-order valence-corrected chi connectivity index (χ2v) is 8.17. The summed E-state index contributed by atoms with van der Waals surface area (Å²) in [5.74, 6) is 5.96. The Morgan fingerprint density at radius 2 is 2.07 bits per heavy atom. The van der Waals surface area contributed by atoms with Crippen molar-refractivity contribution in [3.8, 4) is 11.8 Å². The average molecular weight is 421 g/mol. The van der Waals surface area contributed by atoms with Crippen molar-refractivity contribution in [2.24, 2.45) is 5.73 Å². The number of nitrogens with two attached hydrogens (primary N) is 1. The Balaban J connectivity index is 1.63. The quantitative estimate of drug-likeness (QED) is 0.466. The van der Waals surface area contributed by atoms with Gasteiger partial charge in [0.2, 0.25) is 0 Å². The average Bonchev–Trinajstić information content (AvgIpc) is 3.12. The third-order valence-corrected chi connectivity index (χ3v) is 5.92. The number of piperidine rings is 1. The number of hydrogen-bond acceptors (Lipinski definition) is 8. The standard InChI is InChI=1S/C20H28N4O4S/c1-23-7-4-20(26,5-8-23)14-24-15-22-17-16(13-29-18(17)19(24)25)3-2-9-27-11-12-28-10-6-21/h13,15,26H,4-12,14,21H2,1H3. The van der Waals surface area contributed by atoms with Crippen LogP contribution in [0.4, 0.5) is 0 Å². The summed E-state index contributed by atoms with van der Waals surface area (Å²) in [7, 11) is 2.04. The molecule has 2 aromatic heterocycles. The van der Waals surface area contributed by atoms with Crippen LogP contribution in [-0.2, 0) is 16.0 Å². The molecule has 8 nitrogen and oxygen atoms in total. The van der Waals surface area contributed by atoms with Gasteiger partial charge >= 0.3 is 0 Å². The van der Waals surface area contributed by atoms with Crippen molar-refractivity contribution in [1.29, 1.82) is 0 Å². The Labute approximate surface area is 174 Å². The molecule has 0 aliphatic carbocycles. The van der Waals surface area contributed by atoms with Gasteiger partial charge in [0.05, 0.1) is 43.9 Å². The zero-order chi connectivity index (χ0) is 20.7. The second-order valence-electron chi connectivity index (χ2n) is 7.29. The van der Waals surface area contributed by atoms with Crippen LogP contribution in [0, 0.1) is 11.8 Å². The molecule has 1 saturated heterocycles. The van der Waals surface area contributed by atoms with Crippen LogP contribution in [0.3, 0.4) is 0 Å². The highest BCUT2D eigenvalue weighted by Gasteiger charge is 2.32. The first-order valence-electron chi connectivity index (χ1n) is 9.74. The van der Waals surface area contributed by atoms with Gasteiger partial charge in [-0.2, -0.15) is 0 Å². The first-order valence-corrected chi connectivity index (χ1v) is 10.6. The van der Waals surface area contributed by atoms with Crippen molar-refractivity contribution >= 4 is 21.6 Å². The maximum absolute atomic E-state index is 12.8. The van der Waals surface area contributed by atoms with Gasteiger partial charge in [-0.1, -0.05) is 11.8 Å². The number of aliphatic hydroxyl groups is 1. The monoisotopic (exact) mass is 420 g/mol. The van der Waals surface area contributed by atoms with Crippen molar-refractivity contribution in [1.82, 2.24) is 14.5 Å². The molecule has 3 N–H and O–H groups in total. The fourth-order valence-electron chi connectivity index (χ4n) is 3.21. The van der Waals surface area contributed by atoms with Crippen LogP contribution in [0.1, 0.15) is 18.4 Å². The highest BCUT2D eigenvalue weighted by atomic mass is 32.1. The minimum Gasteiger partial charge on any atom is -0.388 e. The van der Waals surface area contributed by atoms with Gasteiger partial charge in [0.25, 0.3) is 5.56 Å². The molecule has 3 heterocycles. The van der Waals surface area contributed by atoms with E-state index in [1.165, 1.54) is 22.2 Å². The van der Waals surface area contributed by atoms with E-state index in [0.29, 0.717) is 49.4 Å². The molecule has 0 radical (unpaired) electrons. The number of fused-ring (bicyclic) bond motifs is 1. The van der Waals surface area contributed by atoms with Gasteiger partial charge in [-0.15, -0.1) is 11.3 Å². The molecule has 2 aromatic rings. The van der Waals surface area contributed by atoms with Gasteiger partial charge in [-0.25, -0.2) is 4.98 Å². The largest absolute Gasteiger partial charge is 0.388 e. The zero-order valence-corrected chi connectivity index (χ0v) is 17.5. The third kappa shape index (κ3) is 5.85. The molecule has 1 aliphatic rings. The smallest absolute Gasteiger partial charge is 0.271 e. The summed E-state index contributed by atoms with van der Waals surface area (Å²) < 4.78 is 12.7. The first kappa shape index (κ1) is 21.9. The molecule has 0 bridgehead atoms. The predicted octanol–water partition coefficient (Wildman–Crippen LogP) is 0.258. The van der Waals surface area contributed by atoms with Crippen LogP contribution in [0.2, 0.25) is 0 Å². The van der Waals surface area contributed by atoms with Crippen molar-refractivity contribution in [2.75, 3.05) is 53.1 Å². The van der Waals surface area contributed by atoms with Crippen LogP contribution in [0.25, 0.3) is 10.2 Å². The maximum Gasteiger partial charge on any atom is 0.271 e. The minimum absolute atomic E-state index is 0.131. The summed E-state index contributed by atoms with van der Waals surface area (Å²) in [6.07, 6.45) is 2.81. The molecular formula is C20H28N4O4S. The van der Waals surface area contributed by atoms with Crippen molar-refractivity contribution < 1.29 is 14.6 Å². The van der Waals surface area contributed by atoms with Crippen molar-refractivity contribution in [2.45, 2.75) is 25.0 Å². The van der Waals surface area contributed by atoms with Crippen molar-refractivity contribution in [3.05, 3.63) is 27.6 Å². The highest BCUT2D eigenvalue weighted by molar-refractivity contribution is 7.17. The molecule has 0 spiro atoms. The second kappa shape index (κ2) is 10.3. The predicted molar refractivity (Wildman–Crippen MR) is 113 cm³/mol. The molecule has 1 fully saturated rings. The molecule has 9 heteroatoms. The fourth-order valence-corrected chi connectivity index (χ4v) is 4.11. The number of rotatable bonds is 8. The molecule has 0 unspecified atom stereocenters. The van der Waals surface area contributed by atoms with E-state index in [9.17, 15) is 9.90 Å². The lowest BCUT2D eigenvalue weighted by molar-refractivity contribution is -0.0298. The molecular weight excluding hydrogens is 392 g/mol. The van der Waals surface area contributed by atoms with E-state index in [4.69, 9.17) is 15.2 Å². The summed E-state index contributed by atoms with van der Waals surface area (Å²) in [5.41, 5.74) is 5.66. The van der Waals surface area contributed by atoms with Gasteiger partial charge in [0.1, 0.15) is 16.8 Å². The van der Waals surface area contributed by atoms with Crippen LogP contribution >= 0.6 is 11.3 Å². The summed E-state index contributed by atoms with van der Waals surface area (Å²) in [6.45, 7) is 4.15. The lowest BCUT2D eigenvalue weighted by Gasteiger charge is -2.36. The van der Waals surface area contributed by atoms with Gasteiger partial charge < -0.3 is 25.2 Å². The molecule has 1 aliphatic heterocycles. The van der Waals surface area contributed by atoms with E-state index in [2.05, 4.69) is 21.7 Å². The lowest BCUT2D eigenvalue weighted by atomic mass is 9.91. The Kier molecular flexibility index (Phi) is 7.77. The number of nitrogens with zero attached hydrogens (tertiary/aromatic N) is 3. The van der Waals surface area contributed by atoms with Gasteiger partial charge in [0, 0.05) is 25.0 Å². The minimum atomic E-state index is -0.864. The van der Waals surface area contributed by atoms with E-state index in [1.807, 2.05) is 12.4 Å². The Morgan fingerprint density at radius 3 is 2.83 bits per heavy atom. The fraction of sp³-hybridized carbons (Fsp3) is 0.600. The number of hydrogen-bond donors (Lipinski definition) is 2. The van der Waals surface area contributed by atoms with E-state index in [1.54, 1.807) is 0 Å². The molecule has 0 atom stereocenters. The molecule has 158 valence electrons. The van der Waals surface area contributed by atoms with Crippen LogP contribution < -0.4 is 11.3 Å². The molecule has 3 rings (SSSR count). The molecule has 0 saturated carbocycles. The highest BCUT2D eigenvalue weighted by Crippen LogP contribution is 2.24. The third-order valence-electron chi connectivity index (χ3n) is 4.96. The number of thiophene rings is 1. The molecule has 0 amide bonds. The molecule has 29 heavy (non-hydrogen) atoms. The zero-order valence-electron chi connectivity index (χ0n) is 16.7. The summed E-state index contributed by atoms with van der Waals surface area (Å²) in [6, 6.07) is 0. The van der Waals surface area contributed by atoms with E-state index in [-0.39, 0.29) is 18.7 Å². The topological polar surface area (TPSA) is 103 Å². The van der Waals surface area contributed by atoms with Crippen LogP contribution in [-0.4, -0.2) is 78.3 Å². The van der Waals surface area contributed by atoms with Gasteiger partial charge in [-0.3, -0.25) is 9.36 Å². The van der Waals surface area contributed by atoms with E-state index < -0.39 is 5.60 Å². The lowest BCUT2D eigenvalue weighted by Crippen LogP contribution is -2.46. The van der Waals surface area contributed by atoms with Crippen LogP contribution in [0.5, 0.6) is 0 Å². The Hall–Kier alpha value is -1.80. The SMILES string of the molecule is CN1CCC(O)(Cn2cnc3c(C#CCOCCOCCN)csc3c2=O)CC1. The van der Waals surface area contributed by atoms with E-state index in [0.717, 1.165) is 18.7 Å². The summed E-state index contributed by atoms with van der Waals surface area (Å²) >= 11 is 1.33. The van der Waals surface area contributed by atoms with Gasteiger partial charge in [0.15, 0.2) is 0 Å².